The summed E-state index contributed by atoms with van der Waals surface area (Å²) in [6.45, 7) is 3.25. The Morgan fingerprint density at radius 1 is 1.53 bits per heavy atom. The molecule has 0 amide bonds. The molecule has 1 aromatic rings. The minimum absolute atomic E-state index is 0.0448. The van der Waals surface area contributed by atoms with Crippen molar-refractivity contribution in [3.05, 3.63) is 29.8 Å². The highest BCUT2D eigenvalue weighted by atomic mass is 19.1. The summed E-state index contributed by atoms with van der Waals surface area (Å²) in [5.74, 6) is 0.884. The largest absolute Gasteiger partial charge is 0.497 e. The second-order valence-electron chi connectivity index (χ2n) is 4.98. The number of hydrogen-bond donors (Lipinski definition) is 1. The van der Waals surface area contributed by atoms with Crippen LogP contribution in [0, 0.1) is 5.92 Å². The van der Waals surface area contributed by atoms with Gasteiger partial charge in [0.15, 0.2) is 0 Å². The molecule has 2 unspecified atom stereocenters. The van der Waals surface area contributed by atoms with Crippen LogP contribution in [0.25, 0.3) is 0 Å². The quantitative estimate of drug-likeness (QED) is 0.872. The molecule has 0 aliphatic carbocycles. The van der Waals surface area contributed by atoms with E-state index in [-0.39, 0.29) is 5.92 Å². The molecule has 2 nitrogen and oxygen atoms in total. The highest BCUT2D eigenvalue weighted by Gasteiger charge is 2.36. The van der Waals surface area contributed by atoms with Crippen molar-refractivity contribution in [2.75, 3.05) is 20.2 Å². The van der Waals surface area contributed by atoms with E-state index >= 15 is 0 Å². The molecule has 1 saturated heterocycles. The van der Waals surface area contributed by atoms with Crippen LogP contribution in [-0.2, 0) is 6.42 Å². The molecule has 1 heterocycles. The number of halogens is 1. The summed E-state index contributed by atoms with van der Waals surface area (Å²) in [4.78, 5) is 0. The van der Waals surface area contributed by atoms with Crippen molar-refractivity contribution in [2.24, 2.45) is 5.92 Å². The second kappa shape index (κ2) is 5.05. The zero-order valence-corrected chi connectivity index (χ0v) is 10.5. The lowest BCUT2D eigenvalue weighted by molar-refractivity contribution is 0.0676. The Hall–Kier alpha value is -1.09. The SMILES string of the molecule is COc1cccc(CC2CNCCC2(C)F)c1. The Balaban J connectivity index is 2.08. The van der Waals surface area contributed by atoms with Crippen LogP contribution in [0.3, 0.4) is 0 Å². The van der Waals surface area contributed by atoms with E-state index in [1.165, 1.54) is 0 Å². The van der Waals surface area contributed by atoms with Crippen LogP contribution in [0.4, 0.5) is 4.39 Å². The Kier molecular flexibility index (Phi) is 3.67. The molecule has 3 heteroatoms. The lowest BCUT2D eigenvalue weighted by atomic mass is 9.81. The molecule has 1 aliphatic heterocycles. The highest BCUT2D eigenvalue weighted by molar-refractivity contribution is 5.29. The van der Waals surface area contributed by atoms with Crippen LogP contribution < -0.4 is 10.1 Å². The monoisotopic (exact) mass is 237 g/mol. The van der Waals surface area contributed by atoms with Gasteiger partial charge in [0.25, 0.3) is 0 Å². The average Bonchev–Trinajstić information content (AvgIpc) is 2.32. The van der Waals surface area contributed by atoms with Gasteiger partial charge < -0.3 is 10.1 Å². The topological polar surface area (TPSA) is 21.3 Å². The van der Waals surface area contributed by atoms with Gasteiger partial charge in [0.05, 0.1) is 7.11 Å². The van der Waals surface area contributed by atoms with E-state index in [4.69, 9.17) is 4.74 Å². The van der Waals surface area contributed by atoms with E-state index in [2.05, 4.69) is 5.32 Å². The zero-order valence-electron chi connectivity index (χ0n) is 10.5. The van der Waals surface area contributed by atoms with Crippen LogP contribution in [0.5, 0.6) is 5.75 Å². The van der Waals surface area contributed by atoms with Gasteiger partial charge in [-0.3, -0.25) is 0 Å². The van der Waals surface area contributed by atoms with Crippen molar-refractivity contribution in [1.82, 2.24) is 5.32 Å². The number of hydrogen-bond acceptors (Lipinski definition) is 2. The lowest BCUT2D eigenvalue weighted by Crippen LogP contribution is -2.46. The summed E-state index contributed by atoms with van der Waals surface area (Å²) in [5.41, 5.74) is 0.0795. The Labute approximate surface area is 102 Å². The van der Waals surface area contributed by atoms with Crippen molar-refractivity contribution < 1.29 is 9.13 Å². The number of ether oxygens (including phenoxy) is 1. The number of benzene rings is 1. The first kappa shape index (κ1) is 12.4. The van der Waals surface area contributed by atoms with Gasteiger partial charge in [-0.05, 0) is 44.0 Å². The molecule has 1 N–H and O–H groups in total. The molecule has 17 heavy (non-hydrogen) atoms. The van der Waals surface area contributed by atoms with Gasteiger partial charge in [-0.15, -0.1) is 0 Å². The Morgan fingerprint density at radius 2 is 2.35 bits per heavy atom. The number of nitrogens with one attached hydrogen (secondary N) is 1. The van der Waals surface area contributed by atoms with Gasteiger partial charge in [0.2, 0.25) is 0 Å². The lowest BCUT2D eigenvalue weighted by Gasteiger charge is -2.35. The average molecular weight is 237 g/mol. The van der Waals surface area contributed by atoms with Crippen LogP contribution in [-0.4, -0.2) is 25.9 Å². The third-order valence-electron chi connectivity index (χ3n) is 3.65. The smallest absolute Gasteiger partial charge is 0.119 e. The normalized spacial score (nSPS) is 29.0. The van der Waals surface area contributed by atoms with Crippen molar-refractivity contribution >= 4 is 0 Å². The summed E-state index contributed by atoms with van der Waals surface area (Å²) in [7, 11) is 1.65. The van der Waals surface area contributed by atoms with Crippen molar-refractivity contribution in [2.45, 2.75) is 25.4 Å². The summed E-state index contributed by atoms with van der Waals surface area (Å²) in [5, 5.41) is 3.27. The van der Waals surface area contributed by atoms with E-state index in [0.29, 0.717) is 6.42 Å². The molecule has 0 saturated carbocycles. The van der Waals surface area contributed by atoms with Gasteiger partial charge in [0.1, 0.15) is 11.4 Å². The molecule has 2 atom stereocenters. The molecule has 0 radical (unpaired) electrons. The Bertz CT molecular complexity index is 378. The number of methoxy groups -OCH3 is 1. The van der Waals surface area contributed by atoms with Crippen LogP contribution in [0.15, 0.2) is 24.3 Å². The first-order chi connectivity index (χ1) is 8.12. The molecular formula is C14H20FNO. The Morgan fingerprint density at radius 3 is 3.06 bits per heavy atom. The fourth-order valence-corrected chi connectivity index (χ4v) is 2.39. The maximum Gasteiger partial charge on any atom is 0.119 e. The molecule has 1 aromatic carbocycles. The van der Waals surface area contributed by atoms with Crippen LogP contribution >= 0.6 is 0 Å². The molecule has 94 valence electrons. The van der Waals surface area contributed by atoms with Gasteiger partial charge in [0, 0.05) is 12.5 Å². The summed E-state index contributed by atoms with van der Waals surface area (Å²) in [6.07, 6.45) is 1.36. The molecule has 0 bridgehead atoms. The van der Waals surface area contributed by atoms with Gasteiger partial charge in [-0.25, -0.2) is 4.39 Å². The first-order valence-electron chi connectivity index (χ1n) is 6.14. The van der Waals surface area contributed by atoms with E-state index in [1.54, 1.807) is 14.0 Å². The molecular weight excluding hydrogens is 217 g/mol. The molecule has 1 fully saturated rings. The van der Waals surface area contributed by atoms with Crippen molar-refractivity contribution in [3.63, 3.8) is 0 Å². The van der Waals surface area contributed by atoms with Crippen molar-refractivity contribution in [1.29, 1.82) is 0 Å². The number of piperidine rings is 1. The predicted octanol–water partition coefficient (Wildman–Crippen LogP) is 2.58. The third kappa shape index (κ3) is 2.97. The number of rotatable bonds is 3. The fourth-order valence-electron chi connectivity index (χ4n) is 2.39. The van der Waals surface area contributed by atoms with Crippen LogP contribution in [0.1, 0.15) is 18.9 Å². The second-order valence-corrected chi connectivity index (χ2v) is 4.98. The van der Waals surface area contributed by atoms with Gasteiger partial charge in [-0.2, -0.15) is 0 Å². The van der Waals surface area contributed by atoms with E-state index in [1.807, 2.05) is 24.3 Å². The zero-order chi connectivity index (χ0) is 12.3. The predicted molar refractivity (Wildman–Crippen MR) is 67.2 cm³/mol. The van der Waals surface area contributed by atoms with E-state index in [9.17, 15) is 4.39 Å². The highest BCUT2D eigenvalue weighted by Crippen LogP contribution is 2.31. The summed E-state index contributed by atoms with van der Waals surface area (Å²) in [6, 6.07) is 7.90. The maximum absolute atomic E-state index is 14.3. The minimum atomic E-state index is -1.06. The standard InChI is InChI=1S/C14H20FNO/c1-14(15)6-7-16-10-12(14)8-11-4-3-5-13(9-11)17-2/h3-5,9,12,16H,6-8,10H2,1-2H3. The molecule has 0 spiro atoms. The van der Waals surface area contributed by atoms with E-state index in [0.717, 1.165) is 30.8 Å². The molecule has 1 aliphatic rings. The minimum Gasteiger partial charge on any atom is -0.497 e. The molecule has 0 aromatic heterocycles. The molecule has 2 rings (SSSR count). The van der Waals surface area contributed by atoms with Gasteiger partial charge in [-0.1, -0.05) is 12.1 Å². The van der Waals surface area contributed by atoms with Crippen molar-refractivity contribution in [3.8, 4) is 5.75 Å². The number of alkyl halides is 1. The maximum atomic E-state index is 14.3. The van der Waals surface area contributed by atoms with Crippen LogP contribution in [0.2, 0.25) is 0 Å². The third-order valence-corrected chi connectivity index (χ3v) is 3.65. The summed E-state index contributed by atoms with van der Waals surface area (Å²) >= 11 is 0. The fraction of sp³-hybridized carbons (Fsp3) is 0.571. The van der Waals surface area contributed by atoms with E-state index < -0.39 is 5.67 Å². The summed E-state index contributed by atoms with van der Waals surface area (Å²) < 4.78 is 19.5. The van der Waals surface area contributed by atoms with Gasteiger partial charge >= 0.3 is 0 Å². The first-order valence-corrected chi connectivity index (χ1v) is 6.14.